The van der Waals surface area contributed by atoms with Gasteiger partial charge in [0.1, 0.15) is 10.2 Å². The van der Waals surface area contributed by atoms with Crippen molar-refractivity contribution in [2.75, 3.05) is 21.3 Å². The van der Waals surface area contributed by atoms with Crippen molar-refractivity contribution in [3.05, 3.63) is 16.1 Å². The predicted molar refractivity (Wildman–Crippen MR) is 66.9 cm³/mol. The van der Waals surface area contributed by atoms with Crippen LogP contribution in [-0.2, 0) is 5.60 Å². The lowest BCUT2D eigenvalue weighted by Gasteiger charge is -2.19. The summed E-state index contributed by atoms with van der Waals surface area (Å²) in [7, 11) is 4.70. The molecule has 0 aromatic heterocycles. The van der Waals surface area contributed by atoms with Crippen molar-refractivity contribution in [3.8, 4) is 17.2 Å². The van der Waals surface area contributed by atoms with Crippen molar-refractivity contribution >= 4 is 15.9 Å². The summed E-state index contributed by atoms with van der Waals surface area (Å²) in [5, 5.41) is 10.2. The summed E-state index contributed by atoms with van der Waals surface area (Å²) in [6.07, 6.45) is 1.48. The highest BCUT2D eigenvalue weighted by Gasteiger charge is 2.45. The molecule has 0 aliphatic heterocycles. The fourth-order valence-electron chi connectivity index (χ4n) is 1.87. The molecule has 0 heterocycles. The Kier molecular flexibility index (Phi) is 3.23. The third-order valence-electron chi connectivity index (χ3n) is 3.00. The van der Waals surface area contributed by atoms with Crippen LogP contribution >= 0.6 is 15.9 Å². The van der Waals surface area contributed by atoms with E-state index in [-0.39, 0.29) is 0 Å². The van der Waals surface area contributed by atoms with E-state index >= 15 is 0 Å². The summed E-state index contributed by atoms with van der Waals surface area (Å²) >= 11 is 3.42. The van der Waals surface area contributed by atoms with Crippen molar-refractivity contribution in [1.29, 1.82) is 0 Å². The Morgan fingerprint density at radius 2 is 1.71 bits per heavy atom. The van der Waals surface area contributed by atoms with Crippen LogP contribution in [0.15, 0.2) is 10.5 Å². The average molecular weight is 303 g/mol. The molecular formula is C12H15BrO4. The van der Waals surface area contributed by atoms with Gasteiger partial charge in [-0.15, -0.1) is 0 Å². The summed E-state index contributed by atoms with van der Waals surface area (Å²) < 4.78 is 16.5. The summed E-state index contributed by atoms with van der Waals surface area (Å²) in [5.41, 5.74) is -0.0440. The van der Waals surface area contributed by atoms with E-state index in [2.05, 4.69) is 15.9 Å². The quantitative estimate of drug-likeness (QED) is 0.928. The molecular weight excluding hydrogens is 288 g/mol. The van der Waals surface area contributed by atoms with Gasteiger partial charge >= 0.3 is 0 Å². The van der Waals surface area contributed by atoms with E-state index in [4.69, 9.17) is 14.2 Å². The Bertz CT molecular complexity index is 441. The molecule has 1 aromatic carbocycles. The van der Waals surface area contributed by atoms with Gasteiger partial charge in [-0.3, -0.25) is 0 Å². The van der Waals surface area contributed by atoms with Crippen molar-refractivity contribution in [1.82, 2.24) is 0 Å². The van der Waals surface area contributed by atoms with Crippen molar-refractivity contribution in [2.45, 2.75) is 18.4 Å². The second-order valence-corrected chi connectivity index (χ2v) is 4.83. The van der Waals surface area contributed by atoms with Gasteiger partial charge < -0.3 is 19.3 Å². The Labute approximate surface area is 109 Å². The van der Waals surface area contributed by atoms with Crippen LogP contribution in [0, 0.1) is 0 Å². The number of methoxy groups -OCH3 is 3. The SMILES string of the molecule is COc1cc(C2(O)CC2)c(OC)c(Br)c1OC. The number of rotatable bonds is 4. The first-order valence-electron chi connectivity index (χ1n) is 5.28. The van der Waals surface area contributed by atoms with E-state index < -0.39 is 5.60 Å². The average Bonchev–Trinajstić information content (AvgIpc) is 3.07. The maximum absolute atomic E-state index is 10.2. The molecule has 1 fully saturated rings. The molecule has 94 valence electrons. The first-order chi connectivity index (χ1) is 8.07. The lowest BCUT2D eigenvalue weighted by atomic mass is 10.1. The van der Waals surface area contributed by atoms with Crippen LogP contribution in [0.5, 0.6) is 17.2 Å². The van der Waals surface area contributed by atoms with E-state index in [0.717, 1.165) is 18.4 Å². The topological polar surface area (TPSA) is 47.9 Å². The fraction of sp³-hybridized carbons (Fsp3) is 0.500. The van der Waals surface area contributed by atoms with E-state index in [1.165, 1.54) is 0 Å². The van der Waals surface area contributed by atoms with Crippen LogP contribution in [0.4, 0.5) is 0 Å². The molecule has 1 aliphatic carbocycles. The molecule has 0 saturated heterocycles. The number of ether oxygens (including phenoxy) is 3. The van der Waals surface area contributed by atoms with Crippen LogP contribution in [0.2, 0.25) is 0 Å². The highest BCUT2D eigenvalue weighted by Crippen LogP contribution is 2.54. The summed E-state index contributed by atoms with van der Waals surface area (Å²) in [4.78, 5) is 0. The van der Waals surface area contributed by atoms with E-state index in [1.807, 2.05) is 0 Å². The Hall–Kier alpha value is -0.940. The van der Waals surface area contributed by atoms with Crippen LogP contribution in [0.1, 0.15) is 18.4 Å². The van der Waals surface area contributed by atoms with Crippen molar-refractivity contribution in [3.63, 3.8) is 0 Å². The second kappa shape index (κ2) is 4.38. The number of benzene rings is 1. The number of halogens is 1. The third kappa shape index (κ3) is 1.98. The first-order valence-corrected chi connectivity index (χ1v) is 6.08. The normalized spacial score (nSPS) is 16.5. The molecule has 0 atom stereocenters. The molecule has 0 radical (unpaired) electrons. The number of hydrogen-bond acceptors (Lipinski definition) is 4. The number of hydrogen-bond donors (Lipinski definition) is 1. The smallest absolute Gasteiger partial charge is 0.178 e. The molecule has 0 unspecified atom stereocenters. The Morgan fingerprint density at radius 1 is 1.12 bits per heavy atom. The molecule has 4 nitrogen and oxygen atoms in total. The summed E-state index contributed by atoms with van der Waals surface area (Å²) in [6.45, 7) is 0. The van der Waals surface area contributed by atoms with E-state index in [0.29, 0.717) is 21.7 Å². The van der Waals surface area contributed by atoms with Crippen LogP contribution in [0.3, 0.4) is 0 Å². The molecule has 1 saturated carbocycles. The maximum atomic E-state index is 10.2. The van der Waals surface area contributed by atoms with Gasteiger partial charge in [-0.2, -0.15) is 0 Å². The highest BCUT2D eigenvalue weighted by molar-refractivity contribution is 9.10. The van der Waals surface area contributed by atoms with Crippen LogP contribution in [0.25, 0.3) is 0 Å². The van der Waals surface area contributed by atoms with Gasteiger partial charge in [-0.1, -0.05) is 0 Å². The second-order valence-electron chi connectivity index (χ2n) is 4.04. The van der Waals surface area contributed by atoms with Gasteiger partial charge in [0.2, 0.25) is 0 Å². The largest absolute Gasteiger partial charge is 0.495 e. The third-order valence-corrected chi connectivity index (χ3v) is 3.72. The zero-order valence-corrected chi connectivity index (χ0v) is 11.6. The minimum atomic E-state index is -0.784. The molecule has 0 amide bonds. The molecule has 17 heavy (non-hydrogen) atoms. The standard InChI is InChI=1S/C12H15BrO4/c1-15-8-6-7(12(14)4-5-12)10(16-2)9(13)11(8)17-3/h6,14H,4-5H2,1-3H3. The molecule has 2 rings (SSSR count). The van der Waals surface area contributed by atoms with Gasteiger partial charge in [-0.05, 0) is 34.8 Å². The first kappa shape index (κ1) is 12.5. The lowest BCUT2D eigenvalue weighted by Crippen LogP contribution is -2.08. The fourth-order valence-corrected chi connectivity index (χ4v) is 2.60. The zero-order valence-electron chi connectivity index (χ0n) is 10.0. The van der Waals surface area contributed by atoms with Gasteiger partial charge in [0.25, 0.3) is 0 Å². The van der Waals surface area contributed by atoms with Crippen LogP contribution < -0.4 is 14.2 Å². The minimum Gasteiger partial charge on any atom is -0.495 e. The van der Waals surface area contributed by atoms with E-state index in [9.17, 15) is 5.11 Å². The molecule has 1 aliphatic rings. The van der Waals surface area contributed by atoms with Gasteiger partial charge in [0, 0.05) is 5.56 Å². The number of aliphatic hydroxyl groups is 1. The molecule has 0 bridgehead atoms. The molecule has 1 aromatic rings. The minimum absolute atomic E-state index is 0.567. The summed E-state index contributed by atoms with van der Waals surface area (Å²) in [6, 6.07) is 1.77. The van der Waals surface area contributed by atoms with Crippen molar-refractivity contribution in [2.24, 2.45) is 0 Å². The Balaban J connectivity index is 2.63. The molecule has 1 N–H and O–H groups in total. The van der Waals surface area contributed by atoms with Gasteiger partial charge in [0.05, 0.1) is 26.9 Å². The molecule has 0 spiro atoms. The van der Waals surface area contributed by atoms with Crippen molar-refractivity contribution < 1.29 is 19.3 Å². The van der Waals surface area contributed by atoms with Gasteiger partial charge in [0.15, 0.2) is 11.5 Å². The predicted octanol–water partition coefficient (Wildman–Crippen LogP) is 2.46. The Morgan fingerprint density at radius 3 is 2.12 bits per heavy atom. The highest BCUT2D eigenvalue weighted by atomic mass is 79.9. The lowest BCUT2D eigenvalue weighted by molar-refractivity contribution is 0.146. The molecule has 5 heteroatoms. The maximum Gasteiger partial charge on any atom is 0.178 e. The van der Waals surface area contributed by atoms with Crippen LogP contribution in [-0.4, -0.2) is 26.4 Å². The van der Waals surface area contributed by atoms with Gasteiger partial charge in [-0.25, -0.2) is 0 Å². The van der Waals surface area contributed by atoms with E-state index in [1.54, 1.807) is 27.4 Å². The summed E-state index contributed by atoms with van der Waals surface area (Å²) in [5.74, 6) is 1.75. The monoisotopic (exact) mass is 302 g/mol. The zero-order chi connectivity index (χ0) is 12.6.